The van der Waals surface area contributed by atoms with Gasteiger partial charge in [0.1, 0.15) is 24.8 Å². The molecule has 2 aromatic carbocycles. The number of phenolic OH excluding ortho intramolecular Hbond substituents is 1. The van der Waals surface area contributed by atoms with Crippen LogP contribution in [0.15, 0.2) is 42.5 Å². The predicted octanol–water partition coefficient (Wildman–Crippen LogP) is 2.15. The third kappa shape index (κ3) is 3.73. The summed E-state index contributed by atoms with van der Waals surface area (Å²) in [5.74, 6) is 0.750. The summed E-state index contributed by atoms with van der Waals surface area (Å²) < 4.78 is 15.6. The molecule has 0 aromatic heterocycles. The fourth-order valence-electron chi connectivity index (χ4n) is 2.39. The highest BCUT2D eigenvalue weighted by Crippen LogP contribution is 2.39. The summed E-state index contributed by atoms with van der Waals surface area (Å²) in [5, 5.41) is 29.5. The number of aliphatic hydroxyl groups is 2. The van der Waals surface area contributed by atoms with Crippen LogP contribution in [0.3, 0.4) is 0 Å². The molecular formula is C17H20O6. The van der Waals surface area contributed by atoms with E-state index in [1.807, 2.05) is 0 Å². The average molecular weight is 320 g/mol. The molecular weight excluding hydrogens is 300 g/mol. The van der Waals surface area contributed by atoms with Crippen molar-refractivity contribution in [2.45, 2.75) is 12.2 Å². The van der Waals surface area contributed by atoms with Crippen LogP contribution < -0.4 is 9.47 Å². The van der Waals surface area contributed by atoms with Crippen molar-refractivity contribution in [3.63, 3.8) is 0 Å². The third-order valence-corrected chi connectivity index (χ3v) is 3.53. The Morgan fingerprint density at radius 1 is 1.00 bits per heavy atom. The van der Waals surface area contributed by atoms with E-state index in [2.05, 4.69) is 0 Å². The topological polar surface area (TPSA) is 88.4 Å². The zero-order valence-corrected chi connectivity index (χ0v) is 13.0. The molecule has 2 rings (SSSR count). The highest BCUT2D eigenvalue weighted by atomic mass is 16.6. The van der Waals surface area contributed by atoms with E-state index in [0.29, 0.717) is 16.9 Å². The van der Waals surface area contributed by atoms with Crippen molar-refractivity contribution in [3.05, 3.63) is 53.6 Å². The number of hydrogen-bond acceptors (Lipinski definition) is 6. The molecule has 0 saturated carbocycles. The van der Waals surface area contributed by atoms with Gasteiger partial charge in [0.25, 0.3) is 0 Å². The maximum Gasteiger partial charge on any atom is 0.160 e. The van der Waals surface area contributed by atoms with Gasteiger partial charge >= 0.3 is 0 Å². The molecule has 0 fully saturated rings. The summed E-state index contributed by atoms with van der Waals surface area (Å²) in [5.41, 5.74) is 1.08. The molecule has 0 bridgehead atoms. The summed E-state index contributed by atoms with van der Waals surface area (Å²) in [4.78, 5) is 0. The molecule has 3 N–H and O–H groups in total. The molecule has 0 amide bonds. The summed E-state index contributed by atoms with van der Waals surface area (Å²) in [6.07, 6.45) is -1.93. The second-order valence-electron chi connectivity index (χ2n) is 4.83. The average Bonchev–Trinajstić information content (AvgIpc) is 2.59. The minimum absolute atomic E-state index is 0.0274. The minimum Gasteiger partial charge on any atom is -0.504 e. The Labute approximate surface area is 134 Å². The van der Waals surface area contributed by atoms with Crippen LogP contribution in [0.4, 0.5) is 0 Å². The van der Waals surface area contributed by atoms with E-state index in [0.717, 1.165) is 0 Å². The van der Waals surface area contributed by atoms with Crippen LogP contribution in [-0.2, 0) is 4.74 Å². The summed E-state index contributed by atoms with van der Waals surface area (Å²) >= 11 is 0. The number of methoxy groups -OCH3 is 2. The van der Waals surface area contributed by atoms with Gasteiger partial charge in [-0.1, -0.05) is 24.3 Å². The van der Waals surface area contributed by atoms with Gasteiger partial charge in [0.15, 0.2) is 11.5 Å². The molecule has 6 nitrogen and oxygen atoms in total. The third-order valence-electron chi connectivity index (χ3n) is 3.53. The first-order valence-corrected chi connectivity index (χ1v) is 7.02. The smallest absolute Gasteiger partial charge is 0.160 e. The summed E-state index contributed by atoms with van der Waals surface area (Å²) in [6.45, 7) is -0.561. The van der Waals surface area contributed by atoms with E-state index in [4.69, 9.17) is 19.3 Å². The van der Waals surface area contributed by atoms with Crippen LogP contribution >= 0.6 is 0 Å². The monoisotopic (exact) mass is 320 g/mol. The molecule has 0 unspecified atom stereocenters. The maximum atomic E-state index is 10.7. The SMILES string of the molecule is COc1cc([C@@H](O)[C@@H](OCO)c2ccccc2OC)ccc1O. The van der Waals surface area contributed by atoms with Crippen LogP contribution in [0.5, 0.6) is 17.2 Å². The van der Waals surface area contributed by atoms with Gasteiger partial charge in [0, 0.05) is 5.56 Å². The number of para-hydroxylation sites is 1. The van der Waals surface area contributed by atoms with Crippen molar-refractivity contribution in [1.29, 1.82) is 0 Å². The van der Waals surface area contributed by atoms with E-state index < -0.39 is 19.0 Å². The van der Waals surface area contributed by atoms with Crippen molar-refractivity contribution in [2.24, 2.45) is 0 Å². The lowest BCUT2D eigenvalue weighted by Crippen LogP contribution is -2.16. The number of hydrogen-bond donors (Lipinski definition) is 3. The first-order chi connectivity index (χ1) is 11.1. The van der Waals surface area contributed by atoms with Crippen molar-refractivity contribution in [2.75, 3.05) is 21.0 Å². The molecule has 0 saturated heterocycles. The van der Waals surface area contributed by atoms with Gasteiger partial charge in [-0.3, -0.25) is 0 Å². The highest BCUT2D eigenvalue weighted by Gasteiger charge is 2.27. The second kappa shape index (κ2) is 7.82. The molecule has 23 heavy (non-hydrogen) atoms. The van der Waals surface area contributed by atoms with Gasteiger partial charge < -0.3 is 29.5 Å². The number of aliphatic hydroxyl groups excluding tert-OH is 2. The van der Waals surface area contributed by atoms with Crippen molar-refractivity contribution in [1.82, 2.24) is 0 Å². The molecule has 0 aliphatic rings. The standard InChI is InChI=1S/C17H20O6/c1-21-14-6-4-3-5-12(14)17(23-10-18)16(20)11-7-8-13(19)15(9-11)22-2/h3-9,16-20H,10H2,1-2H3/t16-,17+/m1/s1. The minimum atomic E-state index is -1.09. The lowest BCUT2D eigenvalue weighted by atomic mass is 9.97. The normalized spacial score (nSPS) is 13.4. The van der Waals surface area contributed by atoms with Gasteiger partial charge in [-0.15, -0.1) is 0 Å². The first-order valence-electron chi connectivity index (χ1n) is 7.02. The number of aromatic hydroxyl groups is 1. The second-order valence-corrected chi connectivity index (χ2v) is 4.83. The Morgan fingerprint density at radius 3 is 2.35 bits per heavy atom. The molecule has 2 aromatic rings. The Balaban J connectivity index is 2.40. The van der Waals surface area contributed by atoms with Crippen LogP contribution in [0, 0.1) is 0 Å². The van der Waals surface area contributed by atoms with E-state index in [-0.39, 0.29) is 11.5 Å². The molecule has 124 valence electrons. The van der Waals surface area contributed by atoms with Gasteiger partial charge in [0.05, 0.1) is 14.2 Å². The van der Waals surface area contributed by atoms with Gasteiger partial charge in [-0.2, -0.15) is 0 Å². The van der Waals surface area contributed by atoms with Crippen molar-refractivity contribution >= 4 is 0 Å². The maximum absolute atomic E-state index is 10.7. The fourth-order valence-corrected chi connectivity index (χ4v) is 2.39. The van der Waals surface area contributed by atoms with Crippen LogP contribution in [0.2, 0.25) is 0 Å². The molecule has 2 atom stereocenters. The van der Waals surface area contributed by atoms with E-state index in [1.165, 1.54) is 26.4 Å². The molecule has 0 aliphatic carbocycles. The van der Waals surface area contributed by atoms with Gasteiger partial charge in [-0.05, 0) is 23.8 Å². The van der Waals surface area contributed by atoms with Crippen molar-refractivity contribution < 1.29 is 29.5 Å². The molecule has 0 radical (unpaired) electrons. The lowest BCUT2D eigenvalue weighted by molar-refractivity contribution is -0.103. The van der Waals surface area contributed by atoms with Gasteiger partial charge in [0.2, 0.25) is 0 Å². The summed E-state index contributed by atoms with van der Waals surface area (Å²) in [6, 6.07) is 11.6. The van der Waals surface area contributed by atoms with E-state index >= 15 is 0 Å². The fraction of sp³-hybridized carbons (Fsp3) is 0.294. The quantitative estimate of drug-likeness (QED) is 0.678. The van der Waals surface area contributed by atoms with Crippen LogP contribution in [0.1, 0.15) is 23.3 Å². The Hall–Kier alpha value is -2.28. The number of rotatable bonds is 7. The van der Waals surface area contributed by atoms with Crippen LogP contribution in [-0.4, -0.2) is 36.3 Å². The Kier molecular flexibility index (Phi) is 5.81. The zero-order valence-electron chi connectivity index (χ0n) is 13.0. The Morgan fingerprint density at radius 2 is 1.70 bits per heavy atom. The molecule has 0 spiro atoms. The first kappa shape index (κ1) is 17.1. The molecule has 0 heterocycles. The van der Waals surface area contributed by atoms with E-state index in [9.17, 15) is 10.2 Å². The van der Waals surface area contributed by atoms with E-state index in [1.54, 1.807) is 30.3 Å². The highest BCUT2D eigenvalue weighted by molar-refractivity contribution is 5.44. The number of ether oxygens (including phenoxy) is 3. The number of phenols is 1. The predicted molar refractivity (Wildman–Crippen MR) is 83.5 cm³/mol. The molecule has 0 aliphatic heterocycles. The van der Waals surface area contributed by atoms with Crippen molar-refractivity contribution in [3.8, 4) is 17.2 Å². The number of benzene rings is 2. The van der Waals surface area contributed by atoms with Gasteiger partial charge in [-0.25, -0.2) is 0 Å². The molecule has 6 heteroatoms. The zero-order chi connectivity index (χ0) is 16.8. The largest absolute Gasteiger partial charge is 0.504 e. The summed E-state index contributed by atoms with van der Waals surface area (Å²) in [7, 11) is 2.94. The van der Waals surface area contributed by atoms with Crippen LogP contribution in [0.25, 0.3) is 0 Å². The Bertz CT molecular complexity index is 643. The lowest BCUT2D eigenvalue weighted by Gasteiger charge is -2.25.